The van der Waals surface area contributed by atoms with Crippen LogP contribution >= 0.6 is 11.6 Å². The molecule has 0 aliphatic carbocycles. The van der Waals surface area contributed by atoms with E-state index in [2.05, 4.69) is 0 Å². The van der Waals surface area contributed by atoms with Crippen molar-refractivity contribution in [2.75, 3.05) is 11.5 Å². The summed E-state index contributed by atoms with van der Waals surface area (Å²) < 4.78 is 5.43. The van der Waals surface area contributed by atoms with E-state index in [1.807, 2.05) is 18.2 Å². The zero-order valence-corrected chi connectivity index (χ0v) is 12.8. The summed E-state index contributed by atoms with van der Waals surface area (Å²) in [6.07, 6.45) is 0. The first-order chi connectivity index (χ1) is 10.6. The molecule has 1 amide bonds. The number of Topliss-reactive ketones (excluding diaryl/α,β-unsaturated/α-hetero) is 1. The van der Waals surface area contributed by atoms with Crippen LogP contribution in [0, 0.1) is 0 Å². The van der Waals surface area contributed by atoms with E-state index in [9.17, 15) is 9.59 Å². The maximum atomic E-state index is 12.2. The van der Waals surface area contributed by atoms with Crippen LogP contribution in [0.5, 0.6) is 5.75 Å². The summed E-state index contributed by atoms with van der Waals surface area (Å²) >= 11 is 6.18. The fourth-order valence-electron chi connectivity index (χ4n) is 2.39. The zero-order valence-electron chi connectivity index (χ0n) is 12.0. The first kappa shape index (κ1) is 14.6. The third kappa shape index (κ3) is 2.70. The first-order valence-electron chi connectivity index (χ1n) is 6.88. The van der Waals surface area contributed by atoms with E-state index in [-0.39, 0.29) is 18.3 Å². The van der Waals surface area contributed by atoms with Crippen molar-refractivity contribution in [1.82, 2.24) is 0 Å². The van der Waals surface area contributed by atoms with Gasteiger partial charge in [-0.25, -0.2) is 0 Å². The highest BCUT2D eigenvalue weighted by atomic mass is 35.5. The van der Waals surface area contributed by atoms with E-state index in [0.717, 1.165) is 5.56 Å². The van der Waals surface area contributed by atoms with Crippen LogP contribution in [0.3, 0.4) is 0 Å². The highest BCUT2D eigenvalue weighted by Gasteiger charge is 2.26. The number of benzene rings is 2. The van der Waals surface area contributed by atoms with E-state index < -0.39 is 0 Å². The van der Waals surface area contributed by atoms with Gasteiger partial charge in [-0.3, -0.25) is 9.59 Å². The zero-order chi connectivity index (χ0) is 15.7. The number of fused-ring (bicyclic) bond motifs is 1. The van der Waals surface area contributed by atoms with Crippen molar-refractivity contribution in [2.24, 2.45) is 0 Å². The topological polar surface area (TPSA) is 46.6 Å². The quantitative estimate of drug-likeness (QED) is 0.815. The van der Waals surface area contributed by atoms with Crippen LogP contribution in [0.15, 0.2) is 42.5 Å². The summed E-state index contributed by atoms with van der Waals surface area (Å²) in [4.78, 5) is 25.4. The number of rotatable bonds is 3. The van der Waals surface area contributed by atoms with Crippen LogP contribution in [0.25, 0.3) is 0 Å². The maximum Gasteiger partial charge on any atom is 0.265 e. The second-order valence-electron chi connectivity index (χ2n) is 5.10. The van der Waals surface area contributed by atoms with Crippen LogP contribution in [0.1, 0.15) is 22.8 Å². The fraction of sp³-hybridized carbons (Fsp3) is 0.176. The molecule has 2 aromatic carbocycles. The number of halogens is 1. The van der Waals surface area contributed by atoms with E-state index in [4.69, 9.17) is 16.3 Å². The second-order valence-corrected chi connectivity index (χ2v) is 5.51. The molecule has 0 aromatic heterocycles. The summed E-state index contributed by atoms with van der Waals surface area (Å²) in [5.41, 5.74) is 1.99. The molecular formula is C17H14ClNO3. The normalized spacial score (nSPS) is 13.5. The van der Waals surface area contributed by atoms with Gasteiger partial charge in [-0.15, -0.1) is 0 Å². The Balaban J connectivity index is 2.01. The van der Waals surface area contributed by atoms with Crippen LogP contribution in [-0.2, 0) is 11.3 Å². The number of carbonyl (C=O) groups excluding carboxylic acids is 2. The molecule has 3 rings (SSSR count). The molecule has 0 saturated carbocycles. The average Bonchev–Trinajstić information content (AvgIpc) is 2.51. The molecule has 0 bridgehead atoms. The Bertz CT molecular complexity index is 757. The summed E-state index contributed by atoms with van der Waals surface area (Å²) in [5, 5.41) is 0.603. The molecule has 1 aliphatic heterocycles. The molecule has 2 aromatic rings. The number of hydrogen-bond donors (Lipinski definition) is 0. The largest absolute Gasteiger partial charge is 0.482 e. The van der Waals surface area contributed by atoms with E-state index in [0.29, 0.717) is 28.6 Å². The lowest BCUT2D eigenvalue weighted by Crippen LogP contribution is -2.38. The number of ketones is 1. The molecule has 22 heavy (non-hydrogen) atoms. The number of ether oxygens (including phenoxy) is 1. The number of hydrogen-bond acceptors (Lipinski definition) is 3. The molecule has 112 valence electrons. The standard InChI is InChI=1S/C17H14ClNO3/c1-11(20)12-6-7-16-15(8-12)19(17(21)10-22-16)9-13-4-2-3-5-14(13)18/h2-8H,9-10H2,1H3. The molecular weight excluding hydrogens is 302 g/mol. The molecule has 0 fully saturated rings. The Morgan fingerprint density at radius 1 is 1.27 bits per heavy atom. The van der Waals surface area contributed by atoms with Crippen molar-refractivity contribution in [3.05, 3.63) is 58.6 Å². The molecule has 0 atom stereocenters. The van der Waals surface area contributed by atoms with Crippen molar-refractivity contribution in [3.63, 3.8) is 0 Å². The molecule has 4 nitrogen and oxygen atoms in total. The lowest BCUT2D eigenvalue weighted by atomic mass is 10.1. The monoisotopic (exact) mass is 315 g/mol. The van der Waals surface area contributed by atoms with Gasteiger partial charge in [0.1, 0.15) is 5.75 Å². The molecule has 0 spiro atoms. The van der Waals surface area contributed by atoms with Gasteiger partial charge >= 0.3 is 0 Å². The third-order valence-electron chi connectivity index (χ3n) is 3.59. The van der Waals surface area contributed by atoms with Gasteiger partial charge in [-0.2, -0.15) is 0 Å². The average molecular weight is 316 g/mol. The molecule has 0 saturated heterocycles. The predicted octanol–water partition coefficient (Wildman–Crippen LogP) is 3.47. The molecule has 0 unspecified atom stereocenters. The van der Waals surface area contributed by atoms with Gasteiger partial charge in [-0.1, -0.05) is 29.8 Å². The van der Waals surface area contributed by atoms with Gasteiger partial charge in [0.25, 0.3) is 5.91 Å². The van der Waals surface area contributed by atoms with E-state index in [1.165, 1.54) is 6.92 Å². The number of amides is 1. The summed E-state index contributed by atoms with van der Waals surface area (Å²) in [6.45, 7) is 1.82. The molecule has 5 heteroatoms. The highest BCUT2D eigenvalue weighted by Crippen LogP contribution is 2.34. The highest BCUT2D eigenvalue weighted by molar-refractivity contribution is 6.31. The predicted molar refractivity (Wildman–Crippen MR) is 84.6 cm³/mol. The number of nitrogens with zero attached hydrogens (tertiary/aromatic N) is 1. The summed E-state index contributed by atoms with van der Waals surface area (Å²) in [6, 6.07) is 12.5. The fourth-order valence-corrected chi connectivity index (χ4v) is 2.59. The Labute approximate surface area is 133 Å². The van der Waals surface area contributed by atoms with Crippen molar-refractivity contribution >= 4 is 29.0 Å². The molecule has 0 N–H and O–H groups in total. The van der Waals surface area contributed by atoms with Crippen LogP contribution in [-0.4, -0.2) is 18.3 Å². The van der Waals surface area contributed by atoms with E-state index in [1.54, 1.807) is 29.2 Å². The third-order valence-corrected chi connectivity index (χ3v) is 3.96. The van der Waals surface area contributed by atoms with Crippen molar-refractivity contribution in [2.45, 2.75) is 13.5 Å². The number of carbonyl (C=O) groups is 2. The van der Waals surface area contributed by atoms with Gasteiger partial charge in [0, 0.05) is 10.6 Å². The molecule has 1 aliphatic rings. The minimum atomic E-state index is -0.159. The Morgan fingerprint density at radius 2 is 2.05 bits per heavy atom. The SMILES string of the molecule is CC(=O)c1ccc2c(c1)N(Cc1ccccc1Cl)C(=O)CO2. The maximum absolute atomic E-state index is 12.2. The second kappa shape index (κ2) is 5.81. The van der Waals surface area contributed by atoms with Crippen molar-refractivity contribution in [3.8, 4) is 5.75 Å². The lowest BCUT2D eigenvalue weighted by molar-refractivity contribution is -0.121. The molecule has 0 radical (unpaired) electrons. The van der Waals surface area contributed by atoms with Gasteiger partial charge in [0.2, 0.25) is 0 Å². The van der Waals surface area contributed by atoms with Gasteiger partial charge in [0.05, 0.1) is 12.2 Å². The number of anilines is 1. The van der Waals surface area contributed by atoms with Gasteiger partial charge < -0.3 is 9.64 Å². The van der Waals surface area contributed by atoms with Gasteiger partial charge in [0.15, 0.2) is 12.4 Å². The van der Waals surface area contributed by atoms with Crippen molar-refractivity contribution in [1.29, 1.82) is 0 Å². The first-order valence-corrected chi connectivity index (χ1v) is 7.25. The Morgan fingerprint density at radius 3 is 2.77 bits per heavy atom. The summed E-state index contributed by atoms with van der Waals surface area (Å²) in [5.74, 6) is 0.378. The Kier molecular flexibility index (Phi) is 3.86. The minimum absolute atomic E-state index is 0.0170. The molecule has 1 heterocycles. The lowest BCUT2D eigenvalue weighted by Gasteiger charge is -2.30. The van der Waals surface area contributed by atoms with Gasteiger partial charge in [-0.05, 0) is 36.8 Å². The Hall–Kier alpha value is -2.33. The summed E-state index contributed by atoms with van der Waals surface area (Å²) in [7, 11) is 0. The van der Waals surface area contributed by atoms with Crippen LogP contribution < -0.4 is 9.64 Å². The smallest absolute Gasteiger partial charge is 0.265 e. The minimum Gasteiger partial charge on any atom is -0.482 e. The van der Waals surface area contributed by atoms with Crippen LogP contribution in [0.4, 0.5) is 5.69 Å². The van der Waals surface area contributed by atoms with E-state index >= 15 is 0 Å². The van der Waals surface area contributed by atoms with Crippen molar-refractivity contribution < 1.29 is 14.3 Å². The van der Waals surface area contributed by atoms with Crippen LogP contribution in [0.2, 0.25) is 5.02 Å².